The van der Waals surface area contributed by atoms with E-state index in [-0.39, 0.29) is 23.5 Å². The largest absolute Gasteiger partial charge is 0.444 e. The summed E-state index contributed by atoms with van der Waals surface area (Å²) < 4.78 is 11.4. The zero-order valence-corrected chi connectivity index (χ0v) is 15.9. The topological polar surface area (TPSA) is 55.8 Å². The van der Waals surface area contributed by atoms with Crippen molar-refractivity contribution >= 4 is 12.4 Å². The molecule has 1 fully saturated rings. The Bertz CT molecular complexity index is 431. The monoisotopic (exact) mass is 327 g/mol. The van der Waals surface area contributed by atoms with E-state index in [1.807, 2.05) is 34.6 Å². The number of carbonyl (C=O) groups excluding carboxylic acids is 2. The Hall–Kier alpha value is -1.10. The molecular weight excluding hydrogens is 294 g/mol. The van der Waals surface area contributed by atoms with Crippen molar-refractivity contribution in [2.24, 2.45) is 11.3 Å². The number of carbonyl (C=O) groups is 2. The van der Waals surface area contributed by atoms with Gasteiger partial charge >= 0.3 is 6.09 Å². The van der Waals surface area contributed by atoms with Gasteiger partial charge in [-0.25, -0.2) is 4.79 Å². The average Bonchev–Trinajstić information content (AvgIpc) is 2.60. The zero-order chi connectivity index (χ0) is 18.1. The van der Waals surface area contributed by atoms with E-state index in [9.17, 15) is 9.59 Å². The highest BCUT2D eigenvalue weighted by Crippen LogP contribution is 2.38. The van der Waals surface area contributed by atoms with Gasteiger partial charge in [-0.05, 0) is 52.4 Å². The lowest BCUT2D eigenvalue weighted by molar-refractivity contribution is -0.109. The number of hydrogen-bond donors (Lipinski definition) is 0. The van der Waals surface area contributed by atoms with Crippen LogP contribution in [-0.2, 0) is 14.3 Å². The predicted molar refractivity (Wildman–Crippen MR) is 90.1 cm³/mol. The van der Waals surface area contributed by atoms with Crippen LogP contribution in [0.3, 0.4) is 0 Å². The fraction of sp³-hybridized carbons (Fsp3) is 0.889. The summed E-state index contributed by atoms with van der Waals surface area (Å²) in [6.45, 7) is 16.1. The third kappa shape index (κ3) is 5.79. The quantitative estimate of drug-likeness (QED) is 0.732. The number of aldehydes is 1. The van der Waals surface area contributed by atoms with Gasteiger partial charge in [0.2, 0.25) is 0 Å². The van der Waals surface area contributed by atoms with Crippen molar-refractivity contribution in [1.82, 2.24) is 4.90 Å². The van der Waals surface area contributed by atoms with Crippen molar-refractivity contribution in [3.8, 4) is 0 Å². The smallest absolute Gasteiger partial charge is 0.412 e. The van der Waals surface area contributed by atoms with Gasteiger partial charge in [0.25, 0.3) is 0 Å². The lowest BCUT2D eigenvalue weighted by atomic mass is 9.79. The Balaban J connectivity index is 3.05. The summed E-state index contributed by atoms with van der Waals surface area (Å²) >= 11 is 0. The average molecular weight is 327 g/mol. The highest BCUT2D eigenvalue weighted by atomic mass is 16.6. The molecule has 0 aromatic heterocycles. The van der Waals surface area contributed by atoms with Crippen LogP contribution < -0.4 is 0 Å². The molecule has 0 aromatic rings. The minimum absolute atomic E-state index is 0.0572. The molecule has 1 amide bonds. The van der Waals surface area contributed by atoms with Crippen LogP contribution >= 0.6 is 0 Å². The van der Waals surface area contributed by atoms with Gasteiger partial charge in [-0.3, -0.25) is 4.90 Å². The molecule has 0 radical (unpaired) electrons. The first-order chi connectivity index (χ1) is 10.3. The van der Waals surface area contributed by atoms with Crippen LogP contribution in [0.2, 0.25) is 0 Å². The summed E-state index contributed by atoms with van der Waals surface area (Å²) in [5, 5.41) is 0. The van der Waals surface area contributed by atoms with E-state index < -0.39 is 11.3 Å². The van der Waals surface area contributed by atoms with Gasteiger partial charge < -0.3 is 14.3 Å². The first kappa shape index (κ1) is 19.9. The Kier molecular flexibility index (Phi) is 5.89. The molecule has 5 nitrogen and oxygen atoms in total. The minimum Gasteiger partial charge on any atom is -0.444 e. The second kappa shape index (κ2) is 6.80. The normalized spacial score (nSPS) is 22.8. The molecule has 0 unspecified atom stereocenters. The summed E-state index contributed by atoms with van der Waals surface area (Å²) in [6.07, 6.45) is 1.82. The van der Waals surface area contributed by atoms with E-state index in [4.69, 9.17) is 9.47 Å². The molecule has 1 aliphatic heterocycles. The number of nitrogens with zero attached hydrogens (tertiary/aromatic N) is 1. The van der Waals surface area contributed by atoms with Gasteiger partial charge in [0.05, 0.1) is 12.6 Å². The second-order valence-corrected chi connectivity index (χ2v) is 9.10. The van der Waals surface area contributed by atoms with Gasteiger partial charge in [-0.1, -0.05) is 20.8 Å². The van der Waals surface area contributed by atoms with Gasteiger partial charge in [0.1, 0.15) is 17.6 Å². The Morgan fingerprint density at radius 1 is 1.30 bits per heavy atom. The van der Waals surface area contributed by atoms with Crippen molar-refractivity contribution in [2.75, 3.05) is 6.61 Å². The Morgan fingerprint density at radius 2 is 1.87 bits per heavy atom. The number of ether oxygens (including phenoxy) is 2. The van der Waals surface area contributed by atoms with Crippen molar-refractivity contribution in [3.05, 3.63) is 0 Å². The van der Waals surface area contributed by atoms with E-state index in [0.29, 0.717) is 13.0 Å². The lowest BCUT2D eigenvalue weighted by Gasteiger charge is -2.38. The van der Waals surface area contributed by atoms with E-state index in [2.05, 4.69) is 20.8 Å². The molecule has 23 heavy (non-hydrogen) atoms. The minimum atomic E-state index is -0.730. The molecule has 5 heteroatoms. The summed E-state index contributed by atoms with van der Waals surface area (Å²) in [5.74, 6) is 0.0572. The fourth-order valence-corrected chi connectivity index (χ4v) is 3.13. The van der Waals surface area contributed by atoms with Crippen molar-refractivity contribution < 1.29 is 19.1 Å². The SMILES string of the molecule is CC(C)(C)C[C@H](CC=O)[C@@H]1COC(C)(C)N1C(=O)OC(C)(C)C. The molecule has 0 spiro atoms. The van der Waals surface area contributed by atoms with Crippen molar-refractivity contribution in [3.63, 3.8) is 0 Å². The molecule has 1 saturated heterocycles. The third-order valence-corrected chi connectivity index (χ3v) is 3.93. The molecular formula is C18H33NO4. The van der Waals surface area contributed by atoms with Crippen molar-refractivity contribution in [1.29, 1.82) is 0 Å². The van der Waals surface area contributed by atoms with Crippen LogP contribution in [0.25, 0.3) is 0 Å². The molecule has 0 aliphatic carbocycles. The molecule has 0 saturated carbocycles. The summed E-state index contributed by atoms with van der Waals surface area (Å²) in [5.41, 5.74) is -1.23. The number of hydrogen-bond acceptors (Lipinski definition) is 4. The maximum Gasteiger partial charge on any atom is 0.412 e. The van der Waals surface area contributed by atoms with Gasteiger partial charge in [-0.15, -0.1) is 0 Å². The van der Waals surface area contributed by atoms with E-state index in [1.165, 1.54) is 0 Å². The molecule has 0 N–H and O–H groups in total. The molecule has 2 atom stereocenters. The molecule has 1 heterocycles. The van der Waals surface area contributed by atoms with E-state index in [0.717, 1.165) is 12.7 Å². The second-order valence-electron chi connectivity index (χ2n) is 9.10. The highest BCUT2D eigenvalue weighted by Gasteiger charge is 2.48. The van der Waals surface area contributed by atoms with E-state index in [1.54, 1.807) is 4.90 Å². The molecule has 0 aromatic carbocycles. The van der Waals surface area contributed by atoms with Gasteiger partial charge in [0.15, 0.2) is 0 Å². The first-order valence-corrected chi connectivity index (χ1v) is 8.37. The molecule has 0 bridgehead atoms. The van der Waals surface area contributed by atoms with Gasteiger partial charge in [-0.2, -0.15) is 0 Å². The first-order valence-electron chi connectivity index (χ1n) is 8.37. The predicted octanol–water partition coefficient (Wildman–Crippen LogP) is 4.00. The standard InChI is InChI=1S/C18H33NO4/c1-16(2,3)11-13(9-10-20)14-12-22-18(7,8)19(14)15(21)23-17(4,5)6/h10,13-14H,9,11-12H2,1-8H3/t13-,14-/m0/s1. The zero-order valence-electron chi connectivity index (χ0n) is 15.9. The lowest BCUT2D eigenvalue weighted by Crippen LogP contribution is -2.52. The number of rotatable bonds is 4. The van der Waals surface area contributed by atoms with Crippen LogP contribution in [0.4, 0.5) is 4.79 Å². The van der Waals surface area contributed by atoms with Crippen LogP contribution in [0.1, 0.15) is 68.2 Å². The summed E-state index contributed by atoms with van der Waals surface area (Å²) in [4.78, 5) is 25.5. The van der Waals surface area contributed by atoms with Crippen LogP contribution in [0.15, 0.2) is 0 Å². The van der Waals surface area contributed by atoms with Gasteiger partial charge in [0, 0.05) is 6.42 Å². The van der Waals surface area contributed by atoms with E-state index >= 15 is 0 Å². The summed E-state index contributed by atoms with van der Waals surface area (Å²) in [7, 11) is 0. The van der Waals surface area contributed by atoms with Crippen LogP contribution in [-0.4, -0.2) is 41.3 Å². The molecule has 1 aliphatic rings. The Labute approximate surface area is 140 Å². The van der Waals surface area contributed by atoms with Crippen LogP contribution in [0, 0.1) is 11.3 Å². The maximum absolute atomic E-state index is 12.7. The highest BCUT2D eigenvalue weighted by molar-refractivity contribution is 5.70. The fourth-order valence-electron chi connectivity index (χ4n) is 3.13. The Morgan fingerprint density at radius 3 is 2.30 bits per heavy atom. The molecule has 1 rings (SSSR count). The summed E-state index contributed by atoms with van der Waals surface area (Å²) in [6, 6.07) is -0.149. The number of amides is 1. The maximum atomic E-state index is 12.7. The molecule has 134 valence electrons. The van der Waals surface area contributed by atoms with Crippen molar-refractivity contribution in [2.45, 2.75) is 85.6 Å². The third-order valence-electron chi connectivity index (χ3n) is 3.93. The van der Waals surface area contributed by atoms with Crippen LogP contribution in [0.5, 0.6) is 0 Å².